The molecular formula is C26H33F4N3O2. The lowest BCUT2D eigenvalue weighted by Crippen LogP contribution is -2.44. The Morgan fingerprint density at radius 3 is 2.31 bits per heavy atom. The van der Waals surface area contributed by atoms with Gasteiger partial charge in [-0.25, -0.2) is 17.6 Å². The Hall–Kier alpha value is -2.45. The van der Waals surface area contributed by atoms with Crippen LogP contribution >= 0.6 is 0 Å². The van der Waals surface area contributed by atoms with E-state index >= 15 is 0 Å². The summed E-state index contributed by atoms with van der Waals surface area (Å²) in [6.45, 7) is 0. The highest BCUT2D eigenvalue weighted by molar-refractivity contribution is 6.03. The molecule has 0 bridgehead atoms. The van der Waals surface area contributed by atoms with Crippen molar-refractivity contribution < 1.29 is 22.4 Å². The minimum atomic E-state index is -2.51. The maximum absolute atomic E-state index is 14.1. The lowest BCUT2D eigenvalue weighted by Gasteiger charge is -2.46. The Morgan fingerprint density at radius 1 is 1.00 bits per heavy atom. The van der Waals surface area contributed by atoms with Crippen LogP contribution in [-0.2, 0) is 0 Å². The summed E-state index contributed by atoms with van der Waals surface area (Å²) in [5.74, 6) is -5.15. The molecule has 2 heterocycles. The molecule has 0 radical (unpaired) electrons. The van der Waals surface area contributed by atoms with Crippen LogP contribution in [-0.4, -0.2) is 34.8 Å². The number of pyridine rings is 2. The molecule has 3 saturated carbocycles. The zero-order valence-corrected chi connectivity index (χ0v) is 20.0. The molecule has 0 spiro atoms. The van der Waals surface area contributed by atoms with Crippen LogP contribution in [0.2, 0.25) is 0 Å². The van der Waals surface area contributed by atoms with Crippen LogP contribution in [0.5, 0.6) is 0 Å². The van der Waals surface area contributed by atoms with Crippen LogP contribution in [0, 0.1) is 23.7 Å². The minimum absolute atomic E-state index is 0.0221. The molecule has 35 heavy (non-hydrogen) atoms. The van der Waals surface area contributed by atoms with Crippen molar-refractivity contribution >= 4 is 16.8 Å². The van der Waals surface area contributed by atoms with Crippen molar-refractivity contribution in [2.45, 2.75) is 76.1 Å². The second-order valence-corrected chi connectivity index (χ2v) is 10.3. The van der Waals surface area contributed by atoms with E-state index in [9.17, 15) is 27.2 Å². The number of nitrogens with one attached hydrogen (secondary N) is 2. The summed E-state index contributed by atoms with van der Waals surface area (Å²) in [7, 11) is 1.50. The second kappa shape index (κ2) is 10.3. The van der Waals surface area contributed by atoms with Crippen LogP contribution < -0.4 is 10.7 Å². The van der Waals surface area contributed by atoms with Gasteiger partial charge >= 0.3 is 0 Å². The van der Waals surface area contributed by atoms with Gasteiger partial charge < -0.3 is 10.3 Å². The summed E-state index contributed by atoms with van der Waals surface area (Å²) in [6.07, 6.45) is 8.05. The molecule has 2 aromatic rings. The van der Waals surface area contributed by atoms with Gasteiger partial charge in [0, 0.05) is 50.7 Å². The van der Waals surface area contributed by atoms with E-state index in [1.807, 2.05) is 0 Å². The summed E-state index contributed by atoms with van der Waals surface area (Å²) in [5, 5.41) is 2.77. The molecule has 2 atom stereocenters. The fourth-order valence-corrected chi connectivity index (χ4v) is 5.93. The van der Waals surface area contributed by atoms with Gasteiger partial charge in [-0.1, -0.05) is 6.42 Å². The summed E-state index contributed by atoms with van der Waals surface area (Å²) in [4.78, 5) is 29.8. The first kappa shape index (κ1) is 25.6. The Balaban J connectivity index is 0.000000172. The van der Waals surface area contributed by atoms with Crippen molar-refractivity contribution in [2.75, 3.05) is 7.05 Å². The predicted molar refractivity (Wildman–Crippen MR) is 126 cm³/mol. The fourth-order valence-electron chi connectivity index (χ4n) is 5.93. The quantitative estimate of drug-likeness (QED) is 0.517. The number of rotatable bonds is 3. The first-order chi connectivity index (χ1) is 16.6. The molecule has 3 aliphatic carbocycles. The van der Waals surface area contributed by atoms with Crippen molar-refractivity contribution in [3.63, 3.8) is 0 Å². The SMILES string of the molecule is CNC(=O)c1nccc2[nH]ccc(=O)c12.FC1(F)CCC(C2CCC(F)(F)C(C3CCC3)C2)CC1. The second-order valence-electron chi connectivity index (χ2n) is 10.3. The van der Waals surface area contributed by atoms with E-state index in [0.29, 0.717) is 36.6 Å². The third-order valence-electron chi connectivity index (χ3n) is 8.21. The number of hydrogen-bond acceptors (Lipinski definition) is 3. The zero-order chi connectivity index (χ0) is 25.2. The van der Waals surface area contributed by atoms with Gasteiger partial charge in [0.15, 0.2) is 5.43 Å². The minimum Gasteiger partial charge on any atom is -0.361 e. The van der Waals surface area contributed by atoms with Crippen LogP contribution in [0.3, 0.4) is 0 Å². The van der Waals surface area contributed by atoms with Crippen molar-refractivity contribution in [1.82, 2.24) is 15.3 Å². The molecule has 5 rings (SSSR count). The standard InChI is InChI=1S/C16H24F4.C10H9N3O2/c17-15(18)7-4-11(5-8-15)13-6-9-16(19,20)14(10-13)12-2-1-3-12;1-11-10(15)9-8-6(2-4-13-9)12-5-3-7(8)14/h11-14H,1-10H2;2-5H,1H3,(H,11,15)(H,12,14). The number of H-pyrrole nitrogens is 1. The number of carbonyl (C=O) groups is 1. The lowest BCUT2D eigenvalue weighted by molar-refractivity contribution is -0.140. The molecule has 1 amide bonds. The summed E-state index contributed by atoms with van der Waals surface area (Å²) < 4.78 is 54.6. The first-order valence-electron chi connectivity index (χ1n) is 12.6. The Labute approximate surface area is 202 Å². The molecule has 9 heteroatoms. The number of nitrogens with zero attached hydrogens (tertiary/aromatic N) is 1. The van der Waals surface area contributed by atoms with Crippen molar-refractivity contribution in [2.24, 2.45) is 23.7 Å². The average Bonchev–Trinajstić information content (AvgIpc) is 2.79. The molecule has 2 N–H and O–H groups in total. The summed E-state index contributed by atoms with van der Waals surface area (Å²) >= 11 is 0. The number of hydrogen-bond donors (Lipinski definition) is 2. The third kappa shape index (κ3) is 5.70. The molecule has 3 fully saturated rings. The van der Waals surface area contributed by atoms with E-state index < -0.39 is 17.8 Å². The van der Waals surface area contributed by atoms with E-state index in [1.165, 1.54) is 25.5 Å². The van der Waals surface area contributed by atoms with E-state index in [0.717, 1.165) is 19.3 Å². The molecule has 5 nitrogen and oxygen atoms in total. The van der Waals surface area contributed by atoms with Crippen LogP contribution in [0.4, 0.5) is 17.6 Å². The van der Waals surface area contributed by atoms with Crippen LogP contribution in [0.15, 0.2) is 29.3 Å². The Bertz CT molecular complexity index is 1080. The molecule has 0 saturated heterocycles. The van der Waals surface area contributed by atoms with Gasteiger partial charge in [0.25, 0.3) is 11.8 Å². The van der Waals surface area contributed by atoms with E-state index in [4.69, 9.17) is 0 Å². The van der Waals surface area contributed by atoms with Gasteiger partial charge in [-0.05, 0) is 62.3 Å². The number of amides is 1. The largest absolute Gasteiger partial charge is 0.361 e. The lowest BCUT2D eigenvalue weighted by atomic mass is 9.62. The number of alkyl halides is 4. The summed E-state index contributed by atoms with van der Waals surface area (Å²) in [6, 6.07) is 3.03. The highest BCUT2D eigenvalue weighted by atomic mass is 19.3. The van der Waals surface area contributed by atoms with Crippen LogP contribution in [0.1, 0.15) is 74.7 Å². The maximum Gasteiger partial charge on any atom is 0.270 e. The van der Waals surface area contributed by atoms with Crippen molar-refractivity contribution in [1.29, 1.82) is 0 Å². The monoisotopic (exact) mass is 495 g/mol. The zero-order valence-electron chi connectivity index (χ0n) is 20.0. The highest BCUT2D eigenvalue weighted by Crippen LogP contribution is 2.53. The average molecular weight is 496 g/mol. The van der Waals surface area contributed by atoms with Gasteiger partial charge in [-0.2, -0.15) is 0 Å². The van der Waals surface area contributed by atoms with E-state index in [-0.39, 0.29) is 54.0 Å². The number of carbonyl (C=O) groups excluding carboxylic acids is 1. The smallest absolute Gasteiger partial charge is 0.270 e. The molecule has 2 unspecified atom stereocenters. The summed E-state index contributed by atoms with van der Waals surface area (Å²) in [5.41, 5.74) is 0.545. The van der Waals surface area contributed by atoms with Gasteiger partial charge in [-0.15, -0.1) is 0 Å². The van der Waals surface area contributed by atoms with E-state index in [1.54, 1.807) is 6.07 Å². The fraction of sp³-hybridized carbons (Fsp3) is 0.654. The van der Waals surface area contributed by atoms with Gasteiger partial charge in [-0.3, -0.25) is 14.6 Å². The van der Waals surface area contributed by atoms with Gasteiger partial charge in [0.1, 0.15) is 5.69 Å². The predicted octanol–water partition coefficient (Wildman–Crippen LogP) is 5.95. The maximum atomic E-state index is 14.1. The Kier molecular flexibility index (Phi) is 7.52. The molecule has 192 valence electrons. The molecule has 0 aliphatic heterocycles. The molecule has 3 aliphatic rings. The molecule has 0 aromatic carbocycles. The number of halogens is 4. The molecular weight excluding hydrogens is 462 g/mol. The first-order valence-corrected chi connectivity index (χ1v) is 12.6. The van der Waals surface area contributed by atoms with Crippen molar-refractivity contribution in [3.8, 4) is 0 Å². The van der Waals surface area contributed by atoms with Gasteiger partial charge in [0.05, 0.1) is 10.9 Å². The number of aromatic amines is 1. The van der Waals surface area contributed by atoms with Crippen molar-refractivity contribution in [3.05, 3.63) is 40.4 Å². The topological polar surface area (TPSA) is 74.8 Å². The third-order valence-corrected chi connectivity index (χ3v) is 8.21. The molecule has 2 aromatic heterocycles. The Morgan fingerprint density at radius 2 is 1.69 bits per heavy atom. The van der Waals surface area contributed by atoms with Crippen LogP contribution in [0.25, 0.3) is 10.9 Å². The van der Waals surface area contributed by atoms with E-state index in [2.05, 4.69) is 15.3 Å². The number of fused-ring (bicyclic) bond motifs is 1. The normalized spacial score (nSPS) is 26.3. The van der Waals surface area contributed by atoms with Gasteiger partial charge in [0.2, 0.25) is 5.92 Å². The highest BCUT2D eigenvalue weighted by Gasteiger charge is 2.51. The number of aromatic nitrogens is 2.